The zero-order valence-corrected chi connectivity index (χ0v) is 13.9. The van der Waals surface area contributed by atoms with Crippen molar-refractivity contribution in [1.82, 2.24) is 0 Å². The third kappa shape index (κ3) is 5.58. The molecule has 0 spiro atoms. The fourth-order valence-electron chi connectivity index (χ4n) is 1.88. The van der Waals surface area contributed by atoms with Crippen molar-refractivity contribution in [2.24, 2.45) is 0 Å². The summed E-state index contributed by atoms with van der Waals surface area (Å²) >= 11 is 1.15. The van der Waals surface area contributed by atoms with E-state index < -0.39 is 5.82 Å². The molecule has 0 heterocycles. The van der Waals surface area contributed by atoms with Gasteiger partial charge < -0.3 is 15.4 Å². The molecule has 2 amide bonds. The number of ether oxygens (including phenoxy) is 1. The van der Waals surface area contributed by atoms with Crippen LogP contribution in [0, 0.1) is 5.82 Å². The van der Waals surface area contributed by atoms with Crippen molar-refractivity contribution in [2.45, 2.75) is 0 Å². The van der Waals surface area contributed by atoms with Gasteiger partial charge >= 0.3 is 0 Å². The van der Waals surface area contributed by atoms with Crippen LogP contribution in [0.1, 0.15) is 0 Å². The largest absolute Gasteiger partial charge is 0.497 e. The summed E-state index contributed by atoms with van der Waals surface area (Å²) in [5, 5.41) is 5.18. The number of para-hydroxylation sites is 1. The molecule has 2 rings (SSSR count). The Morgan fingerprint density at radius 2 is 1.75 bits per heavy atom. The van der Waals surface area contributed by atoms with Crippen LogP contribution in [0.5, 0.6) is 5.75 Å². The van der Waals surface area contributed by atoms with Crippen LogP contribution in [0.4, 0.5) is 15.8 Å². The Balaban J connectivity index is 1.74. The summed E-state index contributed by atoms with van der Waals surface area (Å²) in [6.45, 7) is 0. The SMILES string of the molecule is COc1cccc(NC(=O)CSCC(=O)Nc2ccccc2F)c1. The Morgan fingerprint density at radius 1 is 1.04 bits per heavy atom. The van der Waals surface area contributed by atoms with Gasteiger partial charge in [-0.1, -0.05) is 18.2 Å². The lowest BCUT2D eigenvalue weighted by molar-refractivity contribution is -0.114. The van der Waals surface area contributed by atoms with Crippen molar-refractivity contribution in [3.63, 3.8) is 0 Å². The second kappa shape index (κ2) is 8.93. The van der Waals surface area contributed by atoms with Crippen LogP contribution in [0.25, 0.3) is 0 Å². The standard InChI is InChI=1S/C17H17FN2O3S/c1-23-13-6-4-5-12(9-13)19-16(21)10-24-11-17(22)20-15-8-3-2-7-14(15)18/h2-9H,10-11H2,1H3,(H,19,21)(H,20,22). The van der Waals surface area contributed by atoms with Gasteiger partial charge in [0.25, 0.3) is 0 Å². The first-order chi connectivity index (χ1) is 11.6. The first-order valence-corrected chi connectivity index (χ1v) is 8.30. The molecular formula is C17H17FN2O3S. The highest BCUT2D eigenvalue weighted by Gasteiger charge is 2.09. The molecule has 0 saturated heterocycles. The molecule has 2 aromatic rings. The summed E-state index contributed by atoms with van der Waals surface area (Å²) in [4.78, 5) is 23.6. The summed E-state index contributed by atoms with van der Waals surface area (Å²) in [6, 6.07) is 12.9. The van der Waals surface area contributed by atoms with Gasteiger partial charge in [-0.2, -0.15) is 0 Å². The Bertz CT molecular complexity index is 724. The molecule has 0 radical (unpaired) electrons. The summed E-state index contributed by atoms with van der Waals surface area (Å²) in [5.74, 6) is -0.274. The van der Waals surface area contributed by atoms with E-state index >= 15 is 0 Å². The highest BCUT2D eigenvalue weighted by Crippen LogP contribution is 2.17. The van der Waals surface area contributed by atoms with E-state index in [4.69, 9.17) is 4.74 Å². The number of thioether (sulfide) groups is 1. The average molecular weight is 348 g/mol. The molecule has 0 saturated carbocycles. The summed E-state index contributed by atoms with van der Waals surface area (Å²) in [7, 11) is 1.55. The van der Waals surface area contributed by atoms with E-state index in [1.165, 1.54) is 12.1 Å². The van der Waals surface area contributed by atoms with Gasteiger partial charge in [0.1, 0.15) is 11.6 Å². The average Bonchev–Trinajstić information content (AvgIpc) is 2.57. The van der Waals surface area contributed by atoms with Crippen LogP contribution in [0.2, 0.25) is 0 Å². The summed E-state index contributed by atoms with van der Waals surface area (Å²) in [6.07, 6.45) is 0. The molecule has 7 heteroatoms. The lowest BCUT2D eigenvalue weighted by Gasteiger charge is -2.08. The number of anilines is 2. The van der Waals surface area contributed by atoms with Crippen LogP contribution in [-0.2, 0) is 9.59 Å². The van der Waals surface area contributed by atoms with Crippen molar-refractivity contribution in [3.8, 4) is 5.75 Å². The summed E-state index contributed by atoms with van der Waals surface area (Å²) < 4.78 is 18.5. The molecule has 0 aliphatic heterocycles. The van der Waals surface area contributed by atoms with E-state index in [0.717, 1.165) is 11.8 Å². The van der Waals surface area contributed by atoms with Crippen LogP contribution >= 0.6 is 11.8 Å². The number of amides is 2. The lowest BCUT2D eigenvalue weighted by Crippen LogP contribution is -2.18. The minimum absolute atomic E-state index is 0.0554. The highest BCUT2D eigenvalue weighted by molar-refractivity contribution is 8.00. The molecule has 24 heavy (non-hydrogen) atoms. The third-order valence-corrected chi connectivity index (χ3v) is 3.90. The molecule has 0 aromatic heterocycles. The second-order valence-electron chi connectivity index (χ2n) is 4.80. The maximum atomic E-state index is 13.4. The van der Waals surface area contributed by atoms with Crippen LogP contribution in [-0.4, -0.2) is 30.4 Å². The molecule has 2 N–H and O–H groups in total. The maximum Gasteiger partial charge on any atom is 0.234 e. The van der Waals surface area contributed by atoms with Gasteiger partial charge in [0, 0.05) is 11.8 Å². The molecule has 0 fully saturated rings. The smallest absolute Gasteiger partial charge is 0.234 e. The lowest BCUT2D eigenvalue weighted by atomic mass is 10.3. The van der Waals surface area contributed by atoms with E-state index in [1.807, 2.05) is 0 Å². The van der Waals surface area contributed by atoms with E-state index in [-0.39, 0.29) is 29.0 Å². The van der Waals surface area contributed by atoms with Crippen molar-refractivity contribution in [1.29, 1.82) is 0 Å². The molecule has 126 valence electrons. The predicted octanol–water partition coefficient (Wildman–Crippen LogP) is 3.14. The molecular weight excluding hydrogens is 331 g/mol. The number of benzene rings is 2. The van der Waals surface area contributed by atoms with E-state index in [0.29, 0.717) is 11.4 Å². The number of hydrogen-bond acceptors (Lipinski definition) is 4. The topological polar surface area (TPSA) is 67.4 Å². The van der Waals surface area contributed by atoms with Gasteiger partial charge in [-0.3, -0.25) is 9.59 Å². The Labute approximate surface area is 143 Å². The van der Waals surface area contributed by atoms with Gasteiger partial charge in [0.05, 0.1) is 24.3 Å². The predicted molar refractivity (Wildman–Crippen MR) is 94.0 cm³/mol. The van der Waals surface area contributed by atoms with E-state index in [1.54, 1.807) is 43.5 Å². The van der Waals surface area contributed by atoms with Gasteiger partial charge in [-0.05, 0) is 24.3 Å². The minimum atomic E-state index is -0.494. The number of nitrogens with one attached hydrogen (secondary N) is 2. The van der Waals surface area contributed by atoms with Gasteiger partial charge in [0.15, 0.2) is 0 Å². The number of rotatable bonds is 7. The van der Waals surface area contributed by atoms with Gasteiger partial charge in [-0.15, -0.1) is 11.8 Å². The van der Waals surface area contributed by atoms with Gasteiger partial charge in [-0.25, -0.2) is 4.39 Å². The number of halogens is 1. The van der Waals surface area contributed by atoms with Crippen LogP contribution in [0.15, 0.2) is 48.5 Å². The van der Waals surface area contributed by atoms with Crippen molar-refractivity contribution < 1.29 is 18.7 Å². The number of methoxy groups -OCH3 is 1. The van der Waals surface area contributed by atoms with Crippen molar-refractivity contribution >= 4 is 35.0 Å². The third-order valence-electron chi connectivity index (χ3n) is 2.97. The van der Waals surface area contributed by atoms with Crippen LogP contribution in [0.3, 0.4) is 0 Å². The first-order valence-electron chi connectivity index (χ1n) is 7.14. The zero-order chi connectivity index (χ0) is 17.4. The fraction of sp³-hybridized carbons (Fsp3) is 0.176. The van der Waals surface area contributed by atoms with E-state index in [2.05, 4.69) is 10.6 Å². The van der Waals surface area contributed by atoms with Crippen LogP contribution < -0.4 is 15.4 Å². The second-order valence-corrected chi connectivity index (χ2v) is 5.79. The minimum Gasteiger partial charge on any atom is -0.497 e. The van der Waals surface area contributed by atoms with E-state index in [9.17, 15) is 14.0 Å². The normalized spacial score (nSPS) is 10.1. The molecule has 0 atom stereocenters. The molecule has 0 aliphatic carbocycles. The molecule has 5 nitrogen and oxygen atoms in total. The van der Waals surface area contributed by atoms with Gasteiger partial charge in [0.2, 0.25) is 11.8 Å². The molecule has 0 bridgehead atoms. The molecule has 0 unspecified atom stereocenters. The number of carbonyl (C=O) groups is 2. The van der Waals surface area contributed by atoms with Crippen molar-refractivity contribution in [3.05, 3.63) is 54.3 Å². The quantitative estimate of drug-likeness (QED) is 0.807. The maximum absolute atomic E-state index is 13.4. The highest BCUT2D eigenvalue weighted by atomic mass is 32.2. The Morgan fingerprint density at radius 3 is 2.46 bits per heavy atom. The summed E-state index contributed by atoms with van der Waals surface area (Å²) in [5.41, 5.74) is 0.750. The Kier molecular flexibility index (Phi) is 6.62. The van der Waals surface area contributed by atoms with Crippen molar-refractivity contribution in [2.75, 3.05) is 29.2 Å². The fourth-order valence-corrected chi connectivity index (χ4v) is 2.50. The molecule has 0 aliphatic rings. The number of carbonyl (C=O) groups excluding carboxylic acids is 2. The molecule has 2 aromatic carbocycles. The Hall–Kier alpha value is -2.54. The first kappa shape index (κ1) is 17.8. The monoisotopic (exact) mass is 348 g/mol. The zero-order valence-electron chi connectivity index (χ0n) is 13.0. The number of hydrogen-bond donors (Lipinski definition) is 2.